The highest BCUT2D eigenvalue weighted by atomic mass is 16.6. The second-order valence-electron chi connectivity index (χ2n) is 5.10. The van der Waals surface area contributed by atoms with Gasteiger partial charge in [0.05, 0.1) is 27.4 Å². The summed E-state index contributed by atoms with van der Waals surface area (Å²) in [7, 11) is 4.63. The van der Waals surface area contributed by atoms with E-state index in [4.69, 9.17) is 14.2 Å². The lowest BCUT2D eigenvalue weighted by Crippen LogP contribution is -1.97. The SMILES string of the molecule is COC(=O)/C=C/[C@H]1O[C@@H]1CCCc1ccc(OC)c(OC)c1. The number of hydrogen-bond acceptors (Lipinski definition) is 5. The van der Waals surface area contributed by atoms with Crippen molar-refractivity contribution in [2.24, 2.45) is 0 Å². The van der Waals surface area contributed by atoms with Gasteiger partial charge in [-0.1, -0.05) is 6.07 Å². The zero-order chi connectivity index (χ0) is 15.9. The van der Waals surface area contributed by atoms with Crippen LogP contribution in [-0.4, -0.2) is 39.5 Å². The summed E-state index contributed by atoms with van der Waals surface area (Å²) in [6.45, 7) is 0. The molecule has 0 aliphatic carbocycles. The van der Waals surface area contributed by atoms with Gasteiger partial charge in [-0.25, -0.2) is 4.79 Å². The molecule has 0 aromatic heterocycles. The fourth-order valence-electron chi connectivity index (χ4n) is 2.34. The van der Waals surface area contributed by atoms with Crippen molar-refractivity contribution in [1.82, 2.24) is 0 Å². The fourth-order valence-corrected chi connectivity index (χ4v) is 2.34. The van der Waals surface area contributed by atoms with Crippen molar-refractivity contribution < 1.29 is 23.7 Å². The van der Waals surface area contributed by atoms with Crippen LogP contribution in [0.5, 0.6) is 11.5 Å². The molecule has 1 aromatic rings. The quantitative estimate of drug-likeness (QED) is 0.419. The van der Waals surface area contributed by atoms with Crippen LogP contribution >= 0.6 is 0 Å². The zero-order valence-electron chi connectivity index (χ0n) is 13.2. The highest BCUT2D eigenvalue weighted by Crippen LogP contribution is 2.30. The van der Waals surface area contributed by atoms with Gasteiger partial charge in [-0.3, -0.25) is 0 Å². The number of hydrogen-bond donors (Lipinski definition) is 0. The minimum absolute atomic E-state index is 0.0458. The molecule has 2 atom stereocenters. The summed E-state index contributed by atoms with van der Waals surface area (Å²) in [4.78, 5) is 11.0. The molecule has 1 saturated heterocycles. The standard InChI is InChI=1S/C17H22O5/c1-19-13-8-7-12(11-16(13)20-2)5-4-6-14-15(22-14)9-10-17(18)21-3/h7-11,14-15H,4-6H2,1-3H3/b10-9+/t14-,15-/m1/s1. The number of carbonyl (C=O) groups excluding carboxylic acids is 1. The number of benzene rings is 1. The predicted octanol–water partition coefficient (Wildman–Crippen LogP) is 2.52. The molecule has 0 spiro atoms. The Morgan fingerprint density at radius 3 is 2.68 bits per heavy atom. The first-order chi connectivity index (χ1) is 10.7. The first-order valence-electron chi connectivity index (χ1n) is 7.30. The molecule has 1 heterocycles. The minimum atomic E-state index is -0.348. The molecule has 5 heteroatoms. The number of ether oxygens (including phenoxy) is 4. The van der Waals surface area contributed by atoms with Gasteiger partial charge < -0.3 is 18.9 Å². The minimum Gasteiger partial charge on any atom is -0.493 e. The van der Waals surface area contributed by atoms with E-state index in [1.54, 1.807) is 20.3 Å². The van der Waals surface area contributed by atoms with Gasteiger partial charge in [0.25, 0.3) is 0 Å². The summed E-state index contributed by atoms with van der Waals surface area (Å²) in [6.07, 6.45) is 6.36. The van der Waals surface area contributed by atoms with E-state index in [9.17, 15) is 4.79 Å². The maximum absolute atomic E-state index is 11.0. The lowest BCUT2D eigenvalue weighted by molar-refractivity contribution is -0.134. The van der Waals surface area contributed by atoms with Crippen LogP contribution < -0.4 is 9.47 Å². The summed E-state index contributed by atoms with van der Waals surface area (Å²) in [6, 6.07) is 5.97. The monoisotopic (exact) mass is 306 g/mol. The van der Waals surface area contributed by atoms with Crippen LogP contribution in [0.4, 0.5) is 0 Å². The normalized spacial score (nSPS) is 20.0. The van der Waals surface area contributed by atoms with Crippen molar-refractivity contribution in [2.75, 3.05) is 21.3 Å². The summed E-state index contributed by atoms with van der Waals surface area (Å²) < 4.78 is 20.6. The van der Waals surface area contributed by atoms with E-state index in [0.29, 0.717) is 0 Å². The molecule has 0 unspecified atom stereocenters. The van der Waals surface area contributed by atoms with Crippen LogP contribution in [0.3, 0.4) is 0 Å². The summed E-state index contributed by atoms with van der Waals surface area (Å²) in [5.74, 6) is 1.14. The van der Waals surface area contributed by atoms with Crippen molar-refractivity contribution in [3.63, 3.8) is 0 Å². The molecular formula is C17H22O5. The Morgan fingerprint density at radius 2 is 2.00 bits per heavy atom. The van der Waals surface area contributed by atoms with E-state index in [-0.39, 0.29) is 18.2 Å². The highest BCUT2D eigenvalue weighted by Gasteiger charge is 2.35. The van der Waals surface area contributed by atoms with Gasteiger partial charge in [0.15, 0.2) is 11.5 Å². The Hall–Kier alpha value is -2.01. The summed E-state index contributed by atoms with van der Waals surface area (Å²) >= 11 is 0. The van der Waals surface area contributed by atoms with Crippen LogP contribution in [0.2, 0.25) is 0 Å². The van der Waals surface area contributed by atoms with E-state index in [1.165, 1.54) is 18.7 Å². The Labute approximate surface area is 130 Å². The van der Waals surface area contributed by atoms with Crippen LogP contribution in [-0.2, 0) is 20.7 Å². The molecule has 0 amide bonds. The van der Waals surface area contributed by atoms with Gasteiger partial charge in [0, 0.05) is 6.08 Å². The number of esters is 1. The van der Waals surface area contributed by atoms with Gasteiger partial charge >= 0.3 is 5.97 Å². The third-order valence-electron chi connectivity index (χ3n) is 3.65. The Morgan fingerprint density at radius 1 is 1.23 bits per heavy atom. The lowest BCUT2D eigenvalue weighted by Gasteiger charge is -2.09. The van der Waals surface area contributed by atoms with Crippen LogP contribution in [0, 0.1) is 0 Å². The van der Waals surface area contributed by atoms with Gasteiger partial charge in [-0.05, 0) is 43.0 Å². The van der Waals surface area contributed by atoms with E-state index in [1.807, 2.05) is 18.2 Å². The molecule has 1 aromatic carbocycles. The van der Waals surface area contributed by atoms with Gasteiger partial charge in [0.2, 0.25) is 0 Å². The summed E-state index contributed by atoms with van der Waals surface area (Å²) in [5.41, 5.74) is 1.21. The average molecular weight is 306 g/mol. The molecule has 0 N–H and O–H groups in total. The van der Waals surface area contributed by atoms with Crippen LogP contribution in [0.25, 0.3) is 0 Å². The molecule has 0 bridgehead atoms. The maximum atomic E-state index is 11.0. The average Bonchev–Trinajstić information content (AvgIpc) is 3.30. The maximum Gasteiger partial charge on any atom is 0.330 e. The number of rotatable bonds is 8. The molecule has 5 nitrogen and oxygen atoms in total. The number of aryl methyl sites for hydroxylation is 1. The number of epoxide rings is 1. The third-order valence-corrected chi connectivity index (χ3v) is 3.65. The molecule has 1 aliphatic heterocycles. The van der Waals surface area contributed by atoms with Crippen LogP contribution in [0.1, 0.15) is 18.4 Å². The zero-order valence-corrected chi connectivity index (χ0v) is 13.2. The molecule has 120 valence electrons. The topological polar surface area (TPSA) is 57.3 Å². The van der Waals surface area contributed by atoms with Crippen molar-refractivity contribution in [3.8, 4) is 11.5 Å². The number of carbonyl (C=O) groups is 1. The molecule has 2 rings (SSSR count). The van der Waals surface area contributed by atoms with Gasteiger partial charge in [0.1, 0.15) is 6.10 Å². The molecule has 1 fully saturated rings. The first kappa shape index (κ1) is 16.4. The molecule has 22 heavy (non-hydrogen) atoms. The predicted molar refractivity (Wildman–Crippen MR) is 82.3 cm³/mol. The lowest BCUT2D eigenvalue weighted by atomic mass is 10.1. The first-order valence-corrected chi connectivity index (χ1v) is 7.30. The largest absolute Gasteiger partial charge is 0.493 e. The molecule has 0 saturated carbocycles. The Bertz CT molecular complexity index is 538. The summed E-state index contributed by atoms with van der Waals surface area (Å²) in [5, 5.41) is 0. The smallest absolute Gasteiger partial charge is 0.330 e. The molecule has 0 radical (unpaired) electrons. The van der Waals surface area contributed by atoms with E-state index in [0.717, 1.165) is 30.8 Å². The second kappa shape index (κ2) is 7.84. The molecule has 1 aliphatic rings. The fraction of sp³-hybridized carbons (Fsp3) is 0.471. The second-order valence-corrected chi connectivity index (χ2v) is 5.10. The van der Waals surface area contributed by atoms with Gasteiger partial charge in [-0.15, -0.1) is 0 Å². The van der Waals surface area contributed by atoms with E-state index in [2.05, 4.69) is 4.74 Å². The van der Waals surface area contributed by atoms with E-state index >= 15 is 0 Å². The molecular weight excluding hydrogens is 284 g/mol. The Balaban J connectivity index is 1.74. The van der Waals surface area contributed by atoms with Gasteiger partial charge in [-0.2, -0.15) is 0 Å². The number of methoxy groups -OCH3 is 3. The van der Waals surface area contributed by atoms with Crippen molar-refractivity contribution in [2.45, 2.75) is 31.5 Å². The third kappa shape index (κ3) is 4.49. The highest BCUT2D eigenvalue weighted by molar-refractivity contribution is 5.81. The van der Waals surface area contributed by atoms with Crippen molar-refractivity contribution in [3.05, 3.63) is 35.9 Å². The van der Waals surface area contributed by atoms with Crippen molar-refractivity contribution >= 4 is 5.97 Å². The van der Waals surface area contributed by atoms with Crippen molar-refractivity contribution in [1.29, 1.82) is 0 Å². The van der Waals surface area contributed by atoms with Crippen LogP contribution in [0.15, 0.2) is 30.4 Å². The van der Waals surface area contributed by atoms with E-state index < -0.39 is 0 Å². The Kier molecular flexibility index (Phi) is 5.83.